The average Bonchev–Trinajstić information content (AvgIpc) is 2.84. The second-order valence-corrected chi connectivity index (χ2v) is 4.35. The van der Waals surface area contributed by atoms with Gasteiger partial charge in [0.05, 0.1) is 0 Å². The van der Waals surface area contributed by atoms with Crippen molar-refractivity contribution in [2.75, 3.05) is 13.1 Å². The molecule has 1 heterocycles. The molecule has 1 aromatic carbocycles. The topological polar surface area (TPSA) is 20.3 Å². The lowest BCUT2D eigenvalue weighted by Crippen LogP contribution is -2.28. The summed E-state index contributed by atoms with van der Waals surface area (Å²) in [5.74, 6) is -0.271. The Morgan fingerprint density at radius 3 is 2.59 bits per heavy atom. The lowest BCUT2D eigenvalue weighted by atomic mass is 10.1. The summed E-state index contributed by atoms with van der Waals surface area (Å²) in [6.45, 7) is 3.38. The van der Waals surface area contributed by atoms with Crippen LogP contribution in [0.3, 0.4) is 0 Å². The highest BCUT2D eigenvalue weighted by Gasteiger charge is 2.19. The van der Waals surface area contributed by atoms with Crippen molar-refractivity contribution in [3.63, 3.8) is 0 Å². The second-order valence-electron chi connectivity index (χ2n) is 4.35. The van der Waals surface area contributed by atoms with Gasteiger partial charge in [0.2, 0.25) is 5.91 Å². The number of benzene rings is 1. The summed E-state index contributed by atoms with van der Waals surface area (Å²) in [7, 11) is 0. The van der Waals surface area contributed by atoms with E-state index in [1.54, 1.807) is 31.2 Å². The van der Waals surface area contributed by atoms with E-state index in [0.717, 1.165) is 25.9 Å². The summed E-state index contributed by atoms with van der Waals surface area (Å²) in [5.41, 5.74) is 1.06. The number of likely N-dealkylation sites (tertiary alicyclic amines) is 1. The molecule has 90 valence electrons. The zero-order chi connectivity index (χ0) is 12.3. The Morgan fingerprint density at radius 1 is 1.29 bits per heavy atom. The van der Waals surface area contributed by atoms with Crippen molar-refractivity contribution in [1.29, 1.82) is 0 Å². The Morgan fingerprint density at radius 2 is 1.94 bits per heavy atom. The molecular weight excluding hydrogens is 217 g/mol. The fraction of sp³-hybridized carbons (Fsp3) is 0.357. The second kappa shape index (κ2) is 5.13. The van der Waals surface area contributed by atoms with Gasteiger partial charge in [-0.2, -0.15) is 0 Å². The van der Waals surface area contributed by atoms with Crippen LogP contribution in [0.1, 0.15) is 25.3 Å². The van der Waals surface area contributed by atoms with Crippen molar-refractivity contribution >= 4 is 12.0 Å². The molecule has 1 amide bonds. The van der Waals surface area contributed by atoms with E-state index in [4.69, 9.17) is 0 Å². The Hall–Kier alpha value is -1.64. The maximum Gasteiger partial charge on any atom is 0.249 e. The summed E-state index contributed by atoms with van der Waals surface area (Å²) in [6, 6.07) is 6.49. The van der Waals surface area contributed by atoms with Crippen molar-refractivity contribution in [3.05, 3.63) is 41.2 Å². The Labute approximate surface area is 101 Å². The minimum Gasteiger partial charge on any atom is -0.339 e. The molecule has 1 saturated heterocycles. The Bertz CT molecular complexity index is 447. The van der Waals surface area contributed by atoms with Gasteiger partial charge in [-0.3, -0.25) is 4.79 Å². The zero-order valence-electron chi connectivity index (χ0n) is 9.95. The van der Waals surface area contributed by atoms with Crippen LogP contribution in [-0.2, 0) is 4.79 Å². The van der Waals surface area contributed by atoms with E-state index < -0.39 is 0 Å². The van der Waals surface area contributed by atoms with Gasteiger partial charge < -0.3 is 4.90 Å². The largest absolute Gasteiger partial charge is 0.339 e. The smallest absolute Gasteiger partial charge is 0.249 e. The van der Waals surface area contributed by atoms with Crippen molar-refractivity contribution in [1.82, 2.24) is 4.90 Å². The van der Waals surface area contributed by atoms with Gasteiger partial charge in [0.1, 0.15) is 5.82 Å². The van der Waals surface area contributed by atoms with E-state index in [-0.39, 0.29) is 11.7 Å². The summed E-state index contributed by atoms with van der Waals surface area (Å²) < 4.78 is 13.4. The maximum atomic E-state index is 13.4. The van der Waals surface area contributed by atoms with Crippen LogP contribution in [0.5, 0.6) is 0 Å². The third kappa shape index (κ3) is 2.73. The number of amides is 1. The van der Waals surface area contributed by atoms with Crippen molar-refractivity contribution < 1.29 is 9.18 Å². The van der Waals surface area contributed by atoms with E-state index in [1.807, 2.05) is 4.90 Å². The van der Waals surface area contributed by atoms with Gasteiger partial charge in [-0.25, -0.2) is 4.39 Å². The lowest BCUT2D eigenvalue weighted by molar-refractivity contribution is -0.125. The first kappa shape index (κ1) is 11.8. The number of nitrogens with zero attached hydrogens (tertiary/aromatic N) is 1. The molecule has 2 rings (SSSR count). The number of carbonyl (C=O) groups excluding carboxylic acids is 1. The molecule has 17 heavy (non-hydrogen) atoms. The van der Waals surface area contributed by atoms with Gasteiger partial charge in [0.15, 0.2) is 0 Å². The van der Waals surface area contributed by atoms with Crippen LogP contribution in [-0.4, -0.2) is 23.9 Å². The van der Waals surface area contributed by atoms with E-state index in [2.05, 4.69) is 0 Å². The molecule has 0 atom stereocenters. The van der Waals surface area contributed by atoms with Crippen molar-refractivity contribution in [2.24, 2.45) is 0 Å². The van der Waals surface area contributed by atoms with Crippen molar-refractivity contribution in [2.45, 2.75) is 19.8 Å². The number of halogens is 1. The van der Waals surface area contributed by atoms with Gasteiger partial charge >= 0.3 is 0 Å². The van der Waals surface area contributed by atoms with Crippen LogP contribution >= 0.6 is 0 Å². The molecule has 1 fully saturated rings. The first-order valence-corrected chi connectivity index (χ1v) is 5.90. The average molecular weight is 233 g/mol. The van der Waals surface area contributed by atoms with Crippen molar-refractivity contribution in [3.8, 4) is 0 Å². The van der Waals surface area contributed by atoms with Crippen LogP contribution in [0.2, 0.25) is 0 Å². The summed E-state index contributed by atoms with van der Waals surface area (Å²) in [5, 5.41) is 0. The molecule has 1 aliphatic heterocycles. The Balaban J connectivity index is 2.16. The predicted molar refractivity (Wildman–Crippen MR) is 65.9 cm³/mol. The number of carbonyl (C=O) groups is 1. The van der Waals surface area contributed by atoms with Crippen LogP contribution < -0.4 is 0 Å². The molecule has 0 saturated carbocycles. The fourth-order valence-electron chi connectivity index (χ4n) is 2.06. The first-order valence-electron chi connectivity index (χ1n) is 5.90. The summed E-state index contributed by atoms with van der Waals surface area (Å²) in [4.78, 5) is 13.8. The van der Waals surface area contributed by atoms with Crippen LogP contribution in [0.15, 0.2) is 29.8 Å². The minimum atomic E-state index is -0.291. The third-order valence-corrected chi connectivity index (χ3v) is 3.01. The molecule has 0 N–H and O–H groups in total. The number of hydrogen-bond donors (Lipinski definition) is 0. The molecule has 0 spiro atoms. The fourth-order valence-corrected chi connectivity index (χ4v) is 2.06. The molecule has 2 nitrogen and oxygen atoms in total. The monoisotopic (exact) mass is 233 g/mol. The molecule has 3 heteroatoms. The zero-order valence-corrected chi connectivity index (χ0v) is 9.95. The van der Waals surface area contributed by atoms with Crippen LogP contribution in [0, 0.1) is 5.82 Å². The van der Waals surface area contributed by atoms with Gasteiger partial charge in [0.25, 0.3) is 0 Å². The number of rotatable bonds is 2. The van der Waals surface area contributed by atoms with Gasteiger partial charge in [-0.15, -0.1) is 0 Å². The molecule has 0 radical (unpaired) electrons. The van der Waals surface area contributed by atoms with Gasteiger partial charge in [0, 0.05) is 24.2 Å². The summed E-state index contributed by atoms with van der Waals surface area (Å²) in [6.07, 6.45) is 3.76. The first-order chi connectivity index (χ1) is 8.18. The minimum absolute atomic E-state index is 0.0192. The van der Waals surface area contributed by atoms with E-state index in [1.165, 1.54) is 6.07 Å². The number of hydrogen-bond acceptors (Lipinski definition) is 1. The highest BCUT2D eigenvalue weighted by atomic mass is 19.1. The molecule has 0 bridgehead atoms. The van der Waals surface area contributed by atoms with Crippen LogP contribution in [0.4, 0.5) is 4.39 Å². The molecule has 1 aliphatic rings. The summed E-state index contributed by atoms with van der Waals surface area (Å²) >= 11 is 0. The molecule has 0 aliphatic carbocycles. The SMILES string of the molecule is C/C(=C\c1ccccc1F)C(=O)N1CCCC1. The molecular formula is C14H16FNO. The van der Waals surface area contributed by atoms with Gasteiger partial charge in [-0.05, 0) is 31.9 Å². The molecule has 1 aromatic rings. The standard InChI is InChI=1S/C14H16FNO/c1-11(14(17)16-8-4-5-9-16)10-12-6-2-3-7-13(12)15/h2-3,6-7,10H,4-5,8-9H2,1H3/b11-10+. The predicted octanol–water partition coefficient (Wildman–Crippen LogP) is 2.85. The van der Waals surface area contributed by atoms with E-state index in [0.29, 0.717) is 11.1 Å². The van der Waals surface area contributed by atoms with Gasteiger partial charge in [-0.1, -0.05) is 18.2 Å². The molecule has 0 aromatic heterocycles. The highest BCUT2D eigenvalue weighted by Crippen LogP contribution is 2.15. The quantitative estimate of drug-likeness (QED) is 0.719. The maximum absolute atomic E-state index is 13.4. The Kier molecular flexibility index (Phi) is 3.57. The van der Waals surface area contributed by atoms with E-state index >= 15 is 0 Å². The highest BCUT2D eigenvalue weighted by molar-refractivity contribution is 5.97. The normalized spacial score (nSPS) is 16.4. The van der Waals surface area contributed by atoms with E-state index in [9.17, 15) is 9.18 Å². The molecule has 0 unspecified atom stereocenters. The third-order valence-electron chi connectivity index (χ3n) is 3.01. The lowest BCUT2D eigenvalue weighted by Gasteiger charge is -2.15. The van der Waals surface area contributed by atoms with Crippen LogP contribution in [0.25, 0.3) is 6.08 Å².